The summed E-state index contributed by atoms with van der Waals surface area (Å²) in [5.74, 6) is 1.02. The van der Waals surface area contributed by atoms with Crippen molar-refractivity contribution in [3.63, 3.8) is 0 Å². The van der Waals surface area contributed by atoms with E-state index >= 15 is 0 Å². The Balaban J connectivity index is 1.73. The van der Waals surface area contributed by atoms with Crippen molar-refractivity contribution < 1.29 is 18.7 Å². The normalized spacial score (nSPS) is 10.4. The molecule has 0 saturated carbocycles. The van der Waals surface area contributed by atoms with Crippen LogP contribution in [0.2, 0.25) is 5.02 Å². The van der Waals surface area contributed by atoms with Gasteiger partial charge in [0.1, 0.15) is 5.75 Å². The molecular formula is C18H16ClN3O4. The lowest BCUT2D eigenvalue weighted by Gasteiger charge is -2.08. The van der Waals surface area contributed by atoms with E-state index in [1.165, 1.54) is 7.11 Å². The lowest BCUT2D eigenvalue weighted by Crippen LogP contribution is -2.04. The molecular weight excluding hydrogens is 358 g/mol. The summed E-state index contributed by atoms with van der Waals surface area (Å²) >= 11 is 6.15. The van der Waals surface area contributed by atoms with Crippen LogP contribution in [0.5, 0.6) is 5.75 Å². The monoisotopic (exact) mass is 373 g/mol. The van der Waals surface area contributed by atoms with Gasteiger partial charge in [-0.25, -0.2) is 4.79 Å². The van der Waals surface area contributed by atoms with E-state index in [0.29, 0.717) is 33.8 Å². The first-order valence-electron chi connectivity index (χ1n) is 7.69. The number of nitrogens with one attached hydrogen (secondary N) is 1. The predicted octanol–water partition coefficient (Wildman–Crippen LogP) is 3.80. The fraction of sp³-hybridized carbons (Fsp3) is 0.167. The third-order valence-corrected chi connectivity index (χ3v) is 3.93. The van der Waals surface area contributed by atoms with Crippen molar-refractivity contribution in [2.75, 3.05) is 19.5 Å². The first-order valence-corrected chi connectivity index (χ1v) is 8.07. The molecule has 0 unspecified atom stereocenters. The number of rotatable bonds is 6. The SMILES string of the molecule is COC(=O)c1ccc(Cl)c(NCc2nnc(-c3cccc(OC)c3)o2)c1. The maximum atomic E-state index is 11.6. The lowest BCUT2D eigenvalue weighted by atomic mass is 10.2. The minimum atomic E-state index is -0.442. The molecule has 0 fully saturated rings. The molecule has 0 spiro atoms. The van der Waals surface area contributed by atoms with Gasteiger partial charge in [-0.05, 0) is 36.4 Å². The molecule has 7 nitrogen and oxygen atoms in total. The van der Waals surface area contributed by atoms with Crippen LogP contribution in [0.4, 0.5) is 5.69 Å². The van der Waals surface area contributed by atoms with Gasteiger partial charge in [0.2, 0.25) is 11.8 Å². The number of nitrogens with zero attached hydrogens (tertiary/aromatic N) is 2. The largest absolute Gasteiger partial charge is 0.497 e. The fourth-order valence-corrected chi connectivity index (χ4v) is 2.46. The summed E-state index contributed by atoms with van der Waals surface area (Å²) in [7, 11) is 2.91. The highest BCUT2D eigenvalue weighted by Gasteiger charge is 2.12. The van der Waals surface area contributed by atoms with E-state index in [1.807, 2.05) is 18.2 Å². The molecule has 0 radical (unpaired) electrons. The lowest BCUT2D eigenvalue weighted by molar-refractivity contribution is 0.0601. The molecule has 0 saturated heterocycles. The highest BCUT2D eigenvalue weighted by molar-refractivity contribution is 6.33. The van der Waals surface area contributed by atoms with Crippen LogP contribution in [0.1, 0.15) is 16.2 Å². The number of hydrogen-bond acceptors (Lipinski definition) is 7. The van der Waals surface area contributed by atoms with E-state index in [0.717, 1.165) is 5.56 Å². The van der Waals surface area contributed by atoms with Gasteiger partial charge in [-0.15, -0.1) is 10.2 Å². The Morgan fingerprint density at radius 2 is 2.04 bits per heavy atom. The van der Waals surface area contributed by atoms with Crippen LogP contribution < -0.4 is 10.1 Å². The number of halogens is 1. The highest BCUT2D eigenvalue weighted by Crippen LogP contribution is 2.25. The van der Waals surface area contributed by atoms with Gasteiger partial charge >= 0.3 is 5.97 Å². The first kappa shape index (κ1) is 17.8. The molecule has 8 heteroatoms. The molecule has 0 bridgehead atoms. The molecule has 3 aromatic rings. The number of hydrogen-bond donors (Lipinski definition) is 1. The van der Waals surface area contributed by atoms with Crippen molar-refractivity contribution in [3.05, 3.63) is 58.9 Å². The number of carbonyl (C=O) groups is 1. The number of esters is 1. The summed E-state index contributed by atoms with van der Waals surface area (Å²) < 4.78 is 15.5. The van der Waals surface area contributed by atoms with Crippen molar-refractivity contribution in [1.29, 1.82) is 0 Å². The fourth-order valence-electron chi connectivity index (χ4n) is 2.27. The minimum Gasteiger partial charge on any atom is -0.497 e. The molecule has 3 rings (SSSR count). The van der Waals surface area contributed by atoms with Crippen LogP contribution >= 0.6 is 11.6 Å². The molecule has 1 N–H and O–H groups in total. The second-order valence-corrected chi connectivity index (χ2v) is 5.68. The molecule has 26 heavy (non-hydrogen) atoms. The maximum absolute atomic E-state index is 11.6. The minimum absolute atomic E-state index is 0.251. The molecule has 0 aliphatic rings. The van der Waals surface area contributed by atoms with Gasteiger partial charge in [0, 0.05) is 5.56 Å². The zero-order valence-corrected chi connectivity index (χ0v) is 14.9. The number of aromatic nitrogens is 2. The van der Waals surface area contributed by atoms with E-state index in [-0.39, 0.29) is 6.54 Å². The quantitative estimate of drug-likeness (QED) is 0.657. The van der Waals surface area contributed by atoms with Crippen molar-refractivity contribution in [2.24, 2.45) is 0 Å². The highest BCUT2D eigenvalue weighted by atomic mass is 35.5. The van der Waals surface area contributed by atoms with E-state index in [1.54, 1.807) is 31.4 Å². The molecule has 0 aliphatic heterocycles. The van der Waals surface area contributed by atoms with Crippen molar-refractivity contribution in [1.82, 2.24) is 10.2 Å². The second kappa shape index (κ2) is 7.88. The van der Waals surface area contributed by atoms with Gasteiger partial charge < -0.3 is 19.2 Å². The average molecular weight is 374 g/mol. The van der Waals surface area contributed by atoms with Crippen LogP contribution in [0.15, 0.2) is 46.9 Å². The van der Waals surface area contributed by atoms with Crippen LogP contribution in [-0.2, 0) is 11.3 Å². The topological polar surface area (TPSA) is 86.5 Å². The van der Waals surface area contributed by atoms with Gasteiger partial charge in [-0.1, -0.05) is 17.7 Å². The predicted molar refractivity (Wildman–Crippen MR) is 96.4 cm³/mol. The third-order valence-electron chi connectivity index (χ3n) is 3.60. The molecule has 1 aromatic heterocycles. The van der Waals surface area contributed by atoms with Crippen LogP contribution in [-0.4, -0.2) is 30.4 Å². The van der Waals surface area contributed by atoms with Crippen molar-refractivity contribution >= 4 is 23.3 Å². The van der Waals surface area contributed by atoms with E-state index in [2.05, 4.69) is 15.5 Å². The van der Waals surface area contributed by atoms with Gasteiger partial charge in [0.25, 0.3) is 0 Å². The third kappa shape index (κ3) is 3.94. The maximum Gasteiger partial charge on any atom is 0.337 e. The molecule has 134 valence electrons. The van der Waals surface area contributed by atoms with E-state index in [9.17, 15) is 4.79 Å². The summed E-state index contributed by atoms with van der Waals surface area (Å²) in [4.78, 5) is 11.6. The number of carbonyl (C=O) groups excluding carboxylic acids is 1. The molecule has 0 atom stereocenters. The van der Waals surface area contributed by atoms with Gasteiger partial charge in [0.05, 0.1) is 37.0 Å². The Bertz CT molecular complexity index is 926. The summed E-state index contributed by atoms with van der Waals surface area (Å²) in [6.07, 6.45) is 0. The number of anilines is 1. The van der Waals surface area contributed by atoms with Crippen LogP contribution in [0.25, 0.3) is 11.5 Å². The first-order chi connectivity index (χ1) is 12.6. The smallest absolute Gasteiger partial charge is 0.337 e. The number of benzene rings is 2. The Hall–Kier alpha value is -3.06. The van der Waals surface area contributed by atoms with Crippen LogP contribution in [0, 0.1) is 0 Å². The molecule has 0 amide bonds. The number of ether oxygens (including phenoxy) is 2. The Kier molecular flexibility index (Phi) is 5.38. The zero-order chi connectivity index (χ0) is 18.5. The van der Waals surface area contributed by atoms with E-state index < -0.39 is 5.97 Å². The molecule has 1 heterocycles. The standard InChI is InChI=1S/C18H16ClN3O4/c1-24-13-5-3-4-11(8-13)17-22-21-16(26-17)10-20-15-9-12(18(23)25-2)6-7-14(15)19/h3-9,20H,10H2,1-2H3. The molecule has 0 aliphatic carbocycles. The average Bonchev–Trinajstić information content (AvgIpc) is 3.16. The van der Waals surface area contributed by atoms with Crippen LogP contribution in [0.3, 0.4) is 0 Å². The van der Waals surface area contributed by atoms with E-state index in [4.69, 9.17) is 25.5 Å². The van der Waals surface area contributed by atoms with Crippen molar-refractivity contribution in [3.8, 4) is 17.2 Å². The second-order valence-electron chi connectivity index (χ2n) is 5.27. The summed E-state index contributed by atoms with van der Waals surface area (Å²) in [5.41, 5.74) is 1.71. The summed E-state index contributed by atoms with van der Waals surface area (Å²) in [6.45, 7) is 0.251. The zero-order valence-electron chi connectivity index (χ0n) is 14.2. The Morgan fingerprint density at radius 3 is 2.81 bits per heavy atom. The van der Waals surface area contributed by atoms with Crippen molar-refractivity contribution in [2.45, 2.75) is 6.54 Å². The Labute approximate surface area is 154 Å². The van der Waals surface area contributed by atoms with Gasteiger partial charge in [0.15, 0.2) is 0 Å². The summed E-state index contributed by atoms with van der Waals surface area (Å²) in [5, 5.41) is 11.6. The number of methoxy groups -OCH3 is 2. The molecule has 2 aromatic carbocycles. The summed E-state index contributed by atoms with van der Waals surface area (Å²) in [6, 6.07) is 12.1. The van der Waals surface area contributed by atoms with Gasteiger partial charge in [-0.2, -0.15) is 0 Å². The van der Waals surface area contributed by atoms with Gasteiger partial charge in [-0.3, -0.25) is 0 Å². The Morgan fingerprint density at radius 1 is 1.19 bits per heavy atom.